The van der Waals surface area contributed by atoms with E-state index in [2.05, 4.69) is 15.6 Å². The molecule has 9 heteroatoms. The first-order chi connectivity index (χ1) is 17.0. The first kappa shape index (κ1) is 26.7. The smallest absolute Gasteiger partial charge is 0.408 e. The first-order valence-corrected chi connectivity index (χ1v) is 11.8. The van der Waals surface area contributed by atoms with Crippen LogP contribution < -0.4 is 10.6 Å². The summed E-state index contributed by atoms with van der Waals surface area (Å²) in [5, 5.41) is 16.2. The molecule has 192 valence electrons. The Hall–Kier alpha value is -3.85. The number of aliphatic hydroxyl groups is 1. The lowest BCUT2D eigenvalue weighted by molar-refractivity contribution is -0.161. The van der Waals surface area contributed by atoms with Gasteiger partial charge in [0.15, 0.2) is 6.04 Å². The van der Waals surface area contributed by atoms with Crippen LogP contribution in [-0.4, -0.2) is 51.8 Å². The number of ether oxygens (including phenoxy) is 2. The lowest BCUT2D eigenvalue weighted by Gasteiger charge is -2.27. The average molecular weight is 496 g/mol. The number of aromatic amines is 1. The van der Waals surface area contributed by atoms with Crippen molar-refractivity contribution in [3.05, 3.63) is 71.9 Å². The number of rotatable bonds is 9. The van der Waals surface area contributed by atoms with Crippen LogP contribution in [0.15, 0.2) is 60.8 Å². The lowest BCUT2D eigenvalue weighted by Crippen LogP contribution is -2.56. The number of hydrogen-bond donors (Lipinski definition) is 4. The molecular weight excluding hydrogens is 462 g/mol. The molecule has 4 N–H and O–H groups in total. The lowest BCUT2D eigenvalue weighted by atomic mass is 10.0. The second kappa shape index (κ2) is 11.7. The molecule has 0 aliphatic heterocycles. The number of amides is 2. The normalized spacial score (nSPS) is 13.9. The third-order valence-electron chi connectivity index (χ3n) is 5.36. The van der Waals surface area contributed by atoms with E-state index in [1.54, 1.807) is 27.0 Å². The molecule has 0 aliphatic rings. The minimum absolute atomic E-state index is 0.0301. The molecule has 1 aromatic heterocycles. The zero-order chi connectivity index (χ0) is 26.3. The predicted molar refractivity (Wildman–Crippen MR) is 135 cm³/mol. The Kier molecular flexibility index (Phi) is 8.71. The van der Waals surface area contributed by atoms with Crippen LogP contribution in [0.2, 0.25) is 0 Å². The molecule has 0 spiro atoms. The van der Waals surface area contributed by atoms with Gasteiger partial charge in [0.1, 0.15) is 18.2 Å². The van der Waals surface area contributed by atoms with Crippen LogP contribution in [-0.2, 0) is 32.1 Å². The van der Waals surface area contributed by atoms with Gasteiger partial charge in [-0.3, -0.25) is 4.79 Å². The van der Waals surface area contributed by atoms with E-state index in [1.807, 2.05) is 54.6 Å². The summed E-state index contributed by atoms with van der Waals surface area (Å²) >= 11 is 0. The fourth-order valence-corrected chi connectivity index (χ4v) is 3.63. The number of benzene rings is 2. The van der Waals surface area contributed by atoms with E-state index in [1.165, 1.54) is 6.92 Å². The van der Waals surface area contributed by atoms with Gasteiger partial charge in [0.05, 0.1) is 6.10 Å². The molecule has 1 heterocycles. The number of hydrogen-bond acceptors (Lipinski definition) is 6. The third-order valence-corrected chi connectivity index (χ3v) is 5.36. The van der Waals surface area contributed by atoms with Crippen LogP contribution in [0.25, 0.3) is 10.9 Å². The van der Waals surface area contributed by atoms with Gasteiger partial charge in [-0.05, 0) is 44.9 Å². The molecule has 3 atom stereocenters. The quantitative estimate of drug-likeness (QED) is 0.337. The van der Waals surface area contributed by atoms with Crippen LogP contribution in [0.3, 0.4) is 0 Å². The number of carbonyl (C=O) groups is 3. The largest absolute Gasteiger partial charge is 0.458 e. The fraction of sp³-hybridized carbons (Fsp3) is 0.370. The predicted octanol–water partition coefficient (Wildman–Crippen LogP) is 3.21. The summed E-state index contributed by atoms with van der Waals surface area (Å²) < 4.78 is 10.6. The van der Waals surface area contributed by atoms with Gasteiger partial charge >= 0.3 is 12.1 Å². The van der Waals surface area contributed by atoms with Crippen LogP contribution >= 0.6 is 0 Å². The molecule has 36 heavy (non-hydrogen) atoms. The number of para-hydroxylation sites is 1. The van der Waals surface area contributed by atoms with Gasteiger partial charge in [-0.1, -0.05) is 48.5 Å². The molecule has 0 aliphatic carbocycles. The Labute approximate surface area is 210 Å². The molecule has 9 nitrogen and oxygen atoms in total. The van der Waals surface area contributed by atoms with E-state index in [9.17, 15) is 19.5 Å². The summed E-state index contributed by atoms with van der Waals surface area (Å²) in [5.74, 6) is -1.43. The molecule has 0 saturated carbocycles. The molecule has 2 amide bonds. The van der Waals surface area contributed by atoms with Crippen molar-refractivity contribution in [2.75, 3.05) is 0 Å². The minimum atomic E-state index is -1.32. The van der Waals surface area contributed by atoms with Crippen molar-refractivity contribution in [1.82, 2.24) is 15.6 Å². The Morgan fingerprint density at radius 3 is 2.33 bits per heavy atom. The maximum absolute atomic E-state index is 13.3. The number of carbonyl (C=O) groups excluding carboxylic acids is 3. The summed E-state index contributed by atoms with van der Waals surface area (Å²) in [6.45, 7) is 6.48. The van der Waals surface area contributed by atoms with Crippen molar-refractivity contribution in [2.45, 2.75) is 64.5 Å². The number of aromatic nitrogens is 1. The summed E-state index contributed by atoms with van der Waals surface area (Å²) in [6.07, 6.45) is -0.119. The first-order valence-electron chi connectivity index (χ1n) is 11.8. The maximum atomic E-state index is 13.3. The van der Waals surface area contributed by atoms with E-state index >= 15 is 0 Å². The van der Waals surface area contributed by atoms with Gasteiger partial charge < -0.3 is 30.2 Å². The monoisotopic (exact) mass is 495 g/mol. The van der Waals surface area contributed by atoms with Crippen LogP contribution in [0, 0.1) is 0 Å². The summed E-state index contributed by atoms with van der Waals surface area (Å²) in [4.78, 5) is 41.7. The van der Waals surface area contributed by atoms with Gasteiger partial charge in [0, 0.05) is 23.5 Å². The number of alkyl carbamates (subject to hydrolysis) is 1. The Morgan fingerprint density at radius 2 is 1.67 bits per heavy atom. The standard InChI is InChI=1S/C27H33N3O6/c1-17(31)23(25(33)36-27(2,3)4)30-24(32)22(14-19-15-28-21-13-9-8-12-20(19)21)29-26(34)35-16-18-10-6-5-7-11-18/h5-13,15,17,22-23,28,31H,14,16H2,1-4H3,(H,29,34)(H,30,32)/t17-,22+,23-/m1/s1. The van der Waals surface area contributed by atoms with Crippen molar-refractivity contribution in [3.63, 3.8) is 0 Å². The Balaban J connectivity index is 1.78. The average Bonchev–Trinajstić information content (AvgIpc) is 3.22. The molecule has 0 radical (unpaired) electrons. The summed E-state index contributed by atoms with van der Waals surface area (Å²) in [7, 11) is 0. The minimum Gasteiger partial charge on any atom is -0.458 e. The SMILES string of the molecule is C[C@@H](O)[C@@H](NC(=O)[C@H](Cc1c[nH]c2ccccc12)NC(=O)OCc1ccccc1)C(=O)OC(C)(C)C. The number of esters is 1. The number of nitrogens with one attached hydrogen (secondary N) is 3. The van der Waals surface area contributed by atoms with Gasteiger partial charge in [-0.2, -0.15) is 0 Å². The summed E-state index contributed by atoms with van der Waals surface area (Å²) in [5.41, 5.74) is 1.66. The number of aliphatic hydroxyl groups excluding tert-OH is 1. The van der Waals surface area contributed by atoms with E-state index in [-0.39, 0.29) is 13.0 Å². The van der Waals surface area contributed by atoms with Gasteiger partial charge in [-0.25, -0.2) is 9.59 Å². The third kappa shape index (κ3) is 7.58. The number of fused-ring (bicyclic) bond motifs is 1. The van der Waals surface area contributed by atoms with Crippen LogP contribution in [0.5, 0.6) is 0 Å². The Bertz CT molecular complexity index is 1180. The molecule has 2 aromatic carbocycles. The van der Waals surface area contributed by atoms with Gasteiger partial charge in [0.25, 0.3) is 0 Å². The fourth-order valence-electron chi connectivity index (χ4n) is 3.63. The van der Waals surface area contributed by atoms with Crippen LogP contribution in [0.1, 0.15) is 38.8 Å². The van der Waals surface area contributed by atoms with E-state index in [0.29, 0.717) is 0 Å². The van der Waals surface area contributed by atoms with Crippen molar-refractivity contribution < 1.29 is 29.0 Å². The zero-order valence-corrected chi connectivity index (χ0v) is 20.9. The van der Waals surface area contributed by atoms with Crippen LogP contribution in [0.4, 0.5) is 4.79 Å². The number of H-pyrrole nitrogens is 1. The highest BCUT2D eigenvalue weighted by molar-refractivity contribution is 5.91. The molecule has 3 aromatic rings. The topological polar surface area (TPSA) is 130 Å². The highest BCUT2D eigenvalue weighted by atomic mass is 16.6. The maximum Gasteiger partial charge on any atom is 0.408 e. The van der Waals surface area contributed by atoms with Gasteiger partial charge in [-0.15, -0.1) is 0 Å². The zero-order valence-electron chi connectivity index (χ0n) is 20.9. The highest BCUT2D eigenvalue weighted by Crippen LogP contribution is 2.19. The molecule has 0 saturated heterocycles. The molecule has 3 rings (SSSR count). The van der Waals surface area contributed by atoms with Gasteiger partial charge in [0.2, 0.25) is 5.91 Å². The van der Waals surface area contributed by atoms with Crippen molar-refractivity contribution >= 4 is 28.9 Å². The Morgan fingerprint density at radius 1 is 1.00 bits per heavy atom. The summed E-state index contributed by atoms with van der Waals surface area (Å²) in [6, 6.07) is 14.3. The van der Waals surface area contributed by atoms with Crippen molar-refractivity contribution in [1.29, 1.82) is 0 Å². The second-order valence-corrected chi connectivity index (χ2v) is 9.58. The van der Waals surface area contributed by atoms with E-state index < -0.39 is 41.8 Å². The van der Waals surface area contributed by atoms with Crippen molar-refractivity contribution in [2.24, 2.45) is 0 Å². The molecule has 0 fully saturated rings. The second-order valence-electron chi connectivity index (χ2n) is 9.58. The van der Waals surface area contributed by atoms with Crippen molar-refractivity contribution in [3.8, 4) is 0 Å². The molecule has 0 bridgehead atoms. The van der Waals surface area contributed by atoms with E-state index in [0.717, 1.165) is 22.0 Å². The molecule has 0 unspecified atom stereocenters. The molecular formula is C27H33N3O6. The highest BCUT2D eigenvalue weighted by Gasteiger charge is 2.33. The van der Waals surface area contributed by atoms with E-state index in [4.69, 9.17) is 9.47 Å².